The largest absolute Gasteiger partial charge is 0.423 e. The van der Waals surface area contributed by atoms with E-state index in [1.807, 2.05) is 43.3 Å². The Labute approximate surface area is 175 Å². The van der Waals surface area contributed by atoms with Crippen LogP contribution in [0.15, 0.2) is 52.9 Å². The van der Waals surface area contributed by atoms with Gasteiger partial charge in [-0.2, -0.15) is 4.98 Å². The number of oxazole rings is 1. The third-order valence-electron chi connectivity index (χ3n) is 5.44. The molecule has 4 rings (SSSR count). The van der Waals surface area contributed by atoms with E-state index >= 15 is 0 Å². The van der Waals surface area contributed by atoms with Crippen molar-refractivity contribution in [3.63, 3.8) is 0 Å². The van der Waals surface area contributed by atoms with E-state index in [-0.39, 0.29) is 17.7 Å². The topological polar surface area (TPSA) is 87.5 Å². The molecule has 0 bridgehead atoms. The molecular formula is C23H26N4O3. The van der Waals surface area contributed by atoms with Gasteiger partial charge in [0.1, 0.15) is 5.52 Å². The second kappa shape index (κ2) is 8.98. The average molecular weight is 406 g/mol. The molecule has 1 saturated heterocycles. The van der Waals surface area contributed by atoms with Gasteiger partial charge < -0.3 is 20.0 Å². The van der Waals surface area contributed by atoms with Crippen molar-refractivity contribution in [2.24, 2.45) is 5.92 Å². The van der Waals surface area contributed by atoms with Crippen molar-refractivity contribution in [3.05, 3.63) is 59.7 Å². The fraction of sp³-hybridized carbons (Fsp3) is 0.348. The highest BCUT2D eigenvalue weighted by atomic mass is 16.4. The lowest BCUT2D eigenvalue weighted by atomic mass is 9.96. The number of benzene rings is 2. The summed E-state index contributed by atoms with van der Waals surface area (Å²) in [6.45, 7) is 4.43. The van der Waals surface area contributed by atoms with E-state index in [1.54, 1.807) is 12.1 Å². The second-order valence-electron chi connectivity index (χ2n) is 7.50. The number of carbonyl (C=O) groups excluding carboxylic acids is 2. The van der Waals surface area contributed by atoms with E-state index in [0.29, 0.717) is 24.7 Å². The molecule has 30 heavy (non-hydrogen) atoms. The van der Waals surface area contributed by atoms with Crippen LogP contribution in [0.5, 0.6) is 0 Å². The first kappa shape index (κ1) is 19.9. The van der Waals surface area contributed by atoms with Crippen molar-refractivity contribution < 1.29 is 14.0 Å². The van der Waals surface area contributed by atoms with Crippen molar-refractivity contribution in [1.29, 1.82) is 0 Å². The van der Waals surface area contributed by atoms with Crippen molar-refractivity contribution >= 4 is 28.9 Å². The van der Waals surface area contributed by atoms with Crippen molar-refractivity contribution in [2.75, 3.05) is 24.5 Å². The SMILES string of the molecule is CCNC(=O)c1ccc(CNC(=O)C2CCN(c3nc4ccccc4o3)CC2)cc1. The smallest absolute Gasteiger partial charge is 0.298 e. The summed E-state index contributed by atoms with van der Waals surface area (Å²) in [5.74, 6) is -0.0287. The molecule has 2 aromatic carbocycles. The van der Waals surface area contributed by atoms with Crippen LogP contribution in [-0.4, -0.2) is 36.4 Å². The van der Waals surface area contributed by atoms with Crippen molar-refractivity contribution in [1.82, 2.24) is 15.6 Å². The normalized spacial score (nSPS) is 14.6. The lowest BCUT2D eigenvalue weighted by Crippen LogP contribution is -2.40. The van der Waals surface area contributed by atoms with Crippen LogP contribution in [0.25, 0.3) is 11.1 Å². The van der Waals surface area contributed by atoms with Crippen LogP contribution in [0.4, 0.5) is 6.01 Å². The Morgan fingerprint density at radius 3 is 2.50 bits per heavy atom. The Morgan fingerprint density at radius 2 is 1.80 bits per heavy atom. The molecule has 0 spiro atoms. The Balaban J connectivity index is 1.26. The summed E-state index contributed by atoms with van der Waals surface area (Å²) in [5.41, 5.74) is 3.23. The summed E-state index contributed by atoms with van der Waals surface area (Å²) in [6.07, 6.45) is 1.53. The maximum absolute atomic E-state index is 12.6. The number of para-hydroxylation sites is 2. The zero-order valence-electron chi connectivity index (χ0n) is 17.1. The predicted octanol–water partition coefficient (Wildman–Crippen LogP) is 3.11. The Bertz CT molecular complexity index is 987. The number of aromatic nitrogens is 1. The Kier molecular flexibility index (Phi) is 5.97. The molecule has 0 saturated carbocycles. The van der Waals surface area contributed by atoms with Gasteiger partial charge in [-0.25, -0.2) is 0 Å². The second-order valence-corrected chi connectivity index (χ2v) is 7.50. The molecule has 7 nitrogen and oxygen atoms in total. The fourth-order valence-corrected chi connectivity index (χ4v) is 3.70. The number of rotatable bonds is 6. The van der Waals surface area contributed by atoms with E-state index in [9.17, 15) is 9.59 Å². The van der Waals surface area contributed by atoms with Crippen LogP contribution in [-0.2, 0) is 11.3 Å². The lowest BCUT2D eigenvalue weighted by Gasteiger charge is -2.30. The van der Waals surface area contributed by atoms with Crippen molar-refractivity contribution in [2.45, 2.75) is 26.3 Å². The first-order valence-corrected chi connectivity index (χ1v) is 10.4. The predicted molar refractivity (Wildman–Crippen MR) is 115 cm³/mol. The molecule has 0 radical (unpaired) electrons. The number of piperidine rings is 1. The van der Waals surface area contributed by atoms with Gasteiger partial charge in [0.05, 0.1) is 0 Å². The van der Waals surface area contributed by atoms with E-state index in [4.69, 9.17) is 4.42 Å². The summed E-state index contributed by atoms with van der Waals surface area (Å²) in [7, 11) is 0. The van der Waals surface area contributed by atoms with E-state index in [0.717, 1.165) is 42.6 Å². The number of fused-ring (bicyclic) bond motifs is 1. The molecule has 2 heterocycles. The minimum atomic E-state index is -0.0845. The molecule has 0 unspecified atom stereocenters. The van der Waals surface area contributed by atoms with Gasteiger partial charge in [0, 0.05) is 37.7 Å². The molecule has 1 fully saturated rings. The van der Waals surface area contributed by atoms with Crippen LogP contribution in [0.1, 0.15) is 35.7 Å². The van der Waals surface area contributed by atoms with Gasteiger partial charge in [0.2, 0.25) is 5.91 Å². The maximum atomic E-state index is 12.6. The molecule has 1 aromatic heterocycles. The molecule has 0 aliphatic carbocycles. The number of amides is 2. The van der Waals surface area contributed by atoms with Gasteiger partial charge in [-0.1, -0.05) is 24.3 Å². The highest BCUT2D eigenvalue weighted by Crippen LogP contribution is 2.26. The minimum Gasteiger partial charge on any atom is -0.423 e. The molecule has 3 aromatic rings. The summed E-state index contributed by atoms with van der Waals surface area (Å²) >= 11 is 0. The number of carbonyl (C=O) groups is 2. The number of nitrogens with one attached hydrogen (secondary N) is 2. The third kappa shape index (κ3) is 4.45. The summed E-state index contributed by atoms with van der Waals surface area (Å²) in [4.78, 5) is 31.0. The van der Waals surface area contributed by atoms with Crippen LogP contribution >= 0.6 is 0 Å². The summed E-state index contributed by atoms with van der Waals surface area (Å²) in [6, 6.07) is 15.7. The van der Waals surface area contributed by atoms with E-state index < -0.39 is 0 Å². The molecule has 1 aliphatic rings. The zero-order valence-corrected chi connectivity index (χ0v) is 17.1. The summed E-state index contributed by atoms with van der Waals surface area (Å²) < 4.78 is 5.84. The van der Waals surface area contributed by atoms with Gasteiger partial charge in [0.25, 0.3) is 11.9 Å². The summed E-state index contributed by atoms with van der Waals surface area (Å²) in [5, 5.41) is 5.80. The molecule has 7 heteroatoms. The van der Waals surface area contributed by atoms with Gasteiger partial charge in [-0.3, -0.25) is 9.59 Å². The molecule has 1 aliphatic heterocycles. The number of hydrogen-bond acceptors (Lipinski definition) is 5. The standard InChI is InChI=1S/C23H26N4O3/c1-2-24-21(28)17-9-7-16(8-10-17)15-25-22(29)18-11-13-27(14-12-18)23-26-19-5-3-4-6-20(19)30-23/h3-10,18H,2,11-15H2,1H3,(H,24,28)(H,25,29). The third-order valence-corrected chi connectivity index (χ3v) is 5.44. The van der Waals surface area contributed by atoms with Gasteiger partial charge >= 0.3 is 0 Å². The molecule has 156 valence electrons. The van der Waals surface area contributed by atoms with Crippen molar-refractivity contribution in [3.8, 4) is 0 Å². The zero-order chi connectivity index (χ0) is 20.9. The monoisotopic (exact) mass is 406 g/mol. The number of anilines is 1. The van der Waals surface area contributed by atoms with Gasteiger partial charge in [-0.05, 0) is 49.6 Å². The minimum absolute atomic E-state index is 0.0137. The van der Waals surface area contributed by atoms with Crippen LogP contribution in [0, 0.1) is 5.92 Å². The van der Waals surface area contributed by atoms with Crippen LogP contribution in [0.3, 0.4) is 0 Å². The van der Waals surface area contributed by atoms with Crippen LogP contribution < -0.4 is 15.5 Å². The van der Waals surface area contributed by atoms with Gasteiger partial charge in [-0.15, -0.1) is 0 Å². The maximum Gasteiger partial charge on any atom is 0.298 e. The lowest BCUT2D eigenvalue weighted by molar-refractivity contribution is -0.125. The first-order valence-electron chi connectivity index (χ1n) is 10.4. The van der Waals surface area contributed by atoms with E-state index in [2.05, 4.69) is 20.5 Å². The fourth-order valence-electron chi connectivity index (χ4n) is 3.70. The first-order chi connectivity index (χ1) is 14.6. The molecule has 0 atom stereocenters. The van der Waals surface area contributed by atoms with Crippen LogP contribution in [0.2, 0.25) is 0 Å². The quantitative estimate of drug-likeness (QED) is 0.657. The Hall–Kier alpha value is -3.35. The molecule has 2 amide bonds. The number of hydrogen-bond donors (Lipinski definition) is 2. The molecular weight excluding hydrogens is 380 g/mol. The Morgan fingerprint density at radius 1 is 1.07 bits per heavy atom. The van der Waals surface area contributed by atoms with E-state index in [1.165, 1.54) is 0 Å². The van der Waals surface area contributed by atoms with Gasteiger partial charge in [0.15, 0.2) is 5.58 Å². The average Bonchev–Trinajstić information content (AvgIpc) is 3.22. The molecule has 2 N–H and O–H groups in total. The highest BCUT2D eigenvalue weighted by molar-refractivity contribution is 5.94. The highest BCUT2D eigenvalue weighted by Gasteiger charge is 2.27. The number of nitrogens with zero attached hydrogens (tertiary/aromatic N) is 2.